The van der Waals surface area contributed by atoms with Gasteiger partial charge >= 0.3 is 0 Å². The maximum absolute atomic E-state index is 3.34. The first-order chi connectivity index (χ1) is 8.76. The average Bonchev–Trinajstić information content (AvgIpc) is 2.37. The molecule has 0 radical (unpaired) electrons. The molecule has 1 aromatic rings. The van der Waals surface area contributed by atoms with E-state index in [0.29, 0.717) is 0 Å². The van der Waals surface area contributed by atoms with Gasteiger partial charge in [-0.1, -0.05) is 62.4 Å². The third-order valence-corrected chi connectivity index (χ3v) is 3.60. The van der Waals surface area contributed by atoms with Crippen molar-refractivity contribution in [2.75, 3.05) is 13.6 Å². The molecule has 1 atom stereocenters. The Morgan fingerprint density at radius 1 is 1.06 bits per heavy atom. The maximum Gasteiger partial charge on any atom is -0.00203 e. The second-order valence-electron chi connectivity index (χ2n) is 5.46. The van der Waals surface area contributed by atoms with E-state index in [1.165, 1.54) is 49.7 Å². The molecule has 0 saturated heterocycles. The molecule has 0 heterocycles. The lowest BCUT2D eigenvalue weighted by Gasteiger charge is -2.16. The number of nitrogens with one attached hydrogen (secondary N) is 1. The van der Waals surface area contributed by atoms with Gasteiger partial charge in [-0.05, 0) is 44.8 Å². The number of aryl methyl sites for hydroxylation is 1. The van der Waals surface area contributed by atoms with Crippen LogP contribution < -0.4 is 5.32 Å². The van der Waals surface area contributed by atoms with Crippen LogP contribution >= 0.6 is 0 Å². The summed E-state index contributed by atoms with van der Waals surface area (Å²) in [6, 6.07) is 9.01. The fourth-order valence-electron chi connectivity index (χ4n) is 2.48. The van der Waals surface area contributed by atoms with E-state index in [9.17, 15) is 0 Å². The predicted octanol–water partition coefficient (Wildman–Crippen LogP) is 4.34. The number of hydrogen-bond donors (Lipinski definition) is 1. The summed E-state index contributed by atoms with van der Waals surface area (Å²) in [5.74, 6) is 0.787. The van der Waals surface area contributed by atoms with Crippen LogP contribution in [0.5, 0.6) is 0 Å². The van der Waals surface area contributed by atoms with E-state index in [4.69, 9.17) is 0 Å². The number of hydrogen-bond acceptors (Lipinski definition) is 1. The Morgan fingerprint density at radius 3 is 2.39 bits per heavy atom. The highest BCUT2D eigenvalue weighted by molar-refractivity contribution is 5.21. The second-order valence-corrected chi connectivity index (χ2v) is 5.46. The van der Waals surface area contributed by atoms with Crippen LogP contribution in [0.4, 0.5) is 0 Å². The van der Waals surface area contributed by atoms with E-state index in [1.54, 1.807) is 0 Å². The summed E-state index contributed by atoms with van der Waals surface area (Å²) in [6.45, 7) is 5.57. The Labute approximate surface area is 113 Å². The topological polar surface area (TPSA) is 12.0 Å². The third-order valence-electron chi connectivity index (χ3n) is 3.60. The Bertz CT molecular complexity index is 302. The summed E-state index contributed by atoms with van der Waals surface area (Å²) in [6.07, 6.45) is 8.06. The van der Waals surface area contributed by atoms with Crippen molar-refractivity contribution >= 4 is 0 Å². The van der Waals surface area contributed by atoms with Crippen LogP contribution in [0.2, 0.25) is 0 Å². The average molecular weight is 247 g/mol. The van der Waals surface area contributed by atoms with Crippen LogP contribution in [-0.2, 0) is 6.42 Å². The van der Waals surface area contributed by atoms with Crippen molar-refractivity contribution in [1.82, 2.24) is 5.32 Å². The lowest BCUT2D eigenvalue weighted by Crippen LogP contribution is -2.20. The molecule has 1 aromatic carbocycles. The molecule has 0 saturated carbocycles. The standard InChI is InChI=1S/C17H29N/c1-4-5-6-7-8-17(14-18-3)13-16-11-9-15(2)10-12-16/h9-12,17-18H,4-8,13-14H2,1-3H3. The molecule has 0 aliphatic rings. The molecule has 1 heteroatoms. The van der Waals surface area contributed by atoms with Crippen LogP contribution in [0.1, 0.15) is 50.2 Å². The van der Waals surface area contributed by atoms with E-state index >= 15 is 0 Å². The molecule has 0 aliphatic carbocycles. The molecular formula is C17H29N. The summed E-state index contributed by atoms with van der Waals surface area (Å²) in [4.78, 5) is 0. The molecular weight excluding hydrogens is 218 g/mol. The zero-order valence-electron chi connectivity index (χ0n) is 12.3. The molecule has 0 fully saturated rings. The third kappa shape index (κ3) is 6.20. The first-order valence-electron chi connectivity index (χ1n) is 7.46. The molecule has 0 bridgehead atoms. The smallest absolute Gasteiger partial charge is 0.00203 e. The molecule has 1 rings (SSSR count). The van der Waals surface area contributed by atoms with Crippen LogP contribution in [0.3, 0.4) is 0 Å². The van der Waals surface area contributed by atoms with Crippen molar-refractivity contribution < 1.29 is 0 Å². The zero-order chi connectivity index (χ0) is 13.2. The lowest BCUT2D eigenvalue weighted by molar-refractivity contribution is 0.435. The fourth-order valence-corrected chi connectivity index (χ4v) is 2.48. The number of rotatable bonds is 9. The molecule has 1 unspecified atom stereocenters. The molecule has 1 nitrogen and oxygen atoms in total. The highest BCUT2D eigenvalue weighted by Crippen LogP contribution is 2.16. The SMILES string of the molecule is CCCCCCC(CNC)Cc1ccc(C)cc1. The van der Waals surface area contributed by atoms with E-state index in [2.05, 4.69) is 50.5 Å². The summed E-state index contributed by atoms with van der Waals surface area (Å²) >= 11 is 0. The summed E-state index contributed by atoms with van der Waals surface area (Å²) < 4.78 is 0. The highest BCUT2D eigenvalue weighted by Gasteiger charge is 2.08. The lowest BCUT2D eigenvalue weighted by atomic mass is 9.93. The molecule has 1 N–H and O–H groups in total. The van der Waals surface area contributed by atoms with Crippen LogP contribution in [-0.4, -0.2) is 13.6 Å². The first-order valence-corrected chi connectivity index (χ1v) is 7.46. The number of benzene rings is 1. The van der Waals surface area contributed by atoms with E-state index in [1.807, 2.05) is 0 Å². The Hall–Kier alpha value is -0.820. The van der Waals surface area contributed by atoms with E-state index < -0.39 is 0 Å². The van der Waals surface area contributed by atoms with Gasteiger partial charge in [-0.25, -0.2) is 0 Å². The summed E-state index contributed by atoms with van der Waals surface area (Å²) in [5, 5.41) is 3.34. The Balaban J connectivity index is 2.38. The van der Waals surface area contributed by atoms with Gasteiger partial charge in [0.2, 0.25) is 0 Å². The van der Waals surface area contributed by atoms with Gasteiger partial charge in [0.05, 0.1) is 0 Å². The summed E-state index contributed by atoms with van der Waals surface area (Å²) in [5.41, 5.74) is 2.84. The summed E-state index contributed by atoms with van der Waals surface area (Å²) in [7, 11) is 2.06. The normalized spacial score (nSPS) is 12.6. The van der Waals surface area contributed by atoms with Gasteiger partial charge in [-0.2, -0.15) is 0 Å². The first kappa shape index (κ1) is 15.2. The van der Waals surface area contributed by atoms with Gasteiger partial charge in [0, 0.05) is 0 Å². The molecule has 18 heavy (non-hydrogen) atoms. The monoisotopic (exact) mass is 247 g/mol. The van der Waals surface area contributed by atoms with Crippen molar-refractivity contribution in [1.29, 1.82) is 0 Å². The van der Waals surface area contributed by atoms with Gasteiger partial charge in [0.25, 0.3) is 0 Å². The van der Waals surface area contributed by atoms with E-state index in [-0.39, 0.29) is 0 Å². The highest BCUT2D eigenvalue weighted by atomic mass is 14.8. The van der Waals surface area contributed by atoms with Crippen LogP contribution in [0.25, 0.3) is 0 Å². The number of unbranched alkanes of at least 4 members (excludes halogenated alkanes) is 3. The predicted molar refractivity (Wildman–Crippen MR) is 81.1 cm³/mol. The largest absolute Gasteiger partial charge is 0.319 e. The quantitative estimate of drug-likeness (QED) is 0.640. The molecule has 0 aliphatic heterocycles. The van der Waals surface area contributed by atoms with Crippen LogP contribution in [0, 0.1) is 12.8 Å². The van der Waals surface area contributed by atoms with Crippen molar-refractivity contribution in [3.63, 3.8) is 0 Å². The minimum absolute atomic E-state index is 0.787. The fraction of sp³-hybridized carbons (Fsp3) is 0.647. The van der Waals surface area contributed by atoms with Gasteiger partial charge in [0.1, 0.15) is 0 Å². The Kier molecular flexibility index (Phi) is 7.75. The van der Waals surface area contributed by atoms with Crippen molar-refractivity contribution in [3.05, 3.63) is 35.4 Å². The van der Waals surface area contributed by atoms with E-state index in [0.717, 1.165) is 12.5 Å². The zero-order valence-corrected chi connectivity index (χ0v) is 12.3. The minimum Gasteiger partial charge on any atom is -0.319 e. The maximum atomic E-state index is 3.34. The van der Waals surface area contributed by atoms with Gasteiger partial charge < -0.3 is 5.32 Å². The van der Waals surface area contributed by atoms with Gasteiger partial charge in [-0.15, -0.1) is 0 Å². The minimum atomic E-state index is 0.787. The Morgan fingerprint density at radius 2 is 1.78 bits per heavy atom. The van der Waals surface area contributed by atoms with Crippen molar-refractivity contribution in [2.24, 2.45) is 5.92 Å². The van der Waals surface area contributed by atoms with Gasteiger partial charge in [0.15, 0.2) is 0 Å². The molecule has 102 valence electrons. The molecule has 0 spiro atoms. The van der Waals surface area contributed by atoms with Crippen molar-refractivity contribution in [2.45, 2.75) is 52.4 Å². The van der Waals surface area contributed by atoms with Gasteiger partial charge in [-0.3, -0.25) is 0 Å². The second kappa shape index (κ2) is 9.16. The van der Waals surface area contributed by atoms with Crippen LogP contribution in [0.15, 0.2) is 24.3 Å². The van der Waals surface area contributed by atoms with Crippen molar-refractivity contribution in [3.8, 4) is 0 Å². The molecule has 0 aromatic heterocycles. The molecule has 0 amide bonds.